The SMILES string of the molecule is CC(C)(C)Oc1ccc2c(c1)CC[C@H](c1ccccc1)[C@@H]2c1ccc(OCC2CC[C@@H](COCc3ccccc3)O2)cc1. The molecular weight excluding hydrogens is 532 g/mol. The van der Waals surface area contributed by atoms with Crippen LogP contribution in [0.1, 0.15) is 79.7 Å². The van der Waals surface area contributed by atoms with Crippen molar-refractivity contribution < 1.29 is 18.9 Å². The summed E-state index contributed by atoms with van der Waals surface area (Å²) in [7, 11) is 0. The van der Waals surface area contributed by atoms with Crippen LogP contribution in [0.5, 0.6) is 11.5 Å². The molecule has 0 spiro atoms. The molecule has 4 atom stereocenters. The molecule has 1 heterocycles. The maximum atomic E-state index is 6.22. The molecule has 1 unspecified atom stereocenters. The summed E-state index contributed by atoms with van der Waals surface area (Å²) in [6, 6.07) is 36.7. The third-order valence-electron chi connectivity index (χ3n) is 8.51. The number of fused-ring (bicyclic) bond motifs is 1. The second kappa shape index (κ2) is 13.4. The molecule has 0 saturated carbocycles. The van der Waals surface area contributed by atoms with Crippen molar-refractivity contribution in [3.63, 3.8) is 0 Å². The fourth-order valence-electron chi connectivity index (χ4n) is 6.55. The topological polar surface area (TPSA) is 36.9 Å². The van der Waals surface area contributed by atoms with Crippen molar-refractivity contribution in [2.45, 2.75) is 82.7 Å². The Kier molecular flexibility index (Phi) is 9.16. The van der Waals surface area contributed by atoms with E-state index >= 15 is 0 Å². The van der Waals surface area contributed by atoms with E-state index in [1.165, 1.54) is 27.8 Å². The minimum absolute atomic E-state index is 0.0993. The quantitative estimate of drug-likeness (QED) is 0.189. The maximum Gasteiger partial charge on any atom is 0.120 e. The monoisotopic (exact) mass is 576 g/mol. The van der Waals surface area contributed by atoms with Gasteiger partial charge in [0, 0.05) is 5.92 Å². The normalized spacial score (nSPS) is 21.7. The van der Waals surface area contributed by atoms with Crippen molar-refractivity contribution in [2.24, 2.45) is 0 Å². The molecule has 2 aliphatic rings. The van der Waals surface area contributed by atoms with E-state index in [0.29, 0.717) is 25.7 Å². The summed E-state index contributed by atoms with van der Waals surface area (Å²) in [5.41, 5.74) is 6.48. The van der Waals surface area contributed by atoms with Gasteiger partial charge in [-0.25, -0.2) is 0 Å². The second-order valence-electron chi connectivity index (χ2n) is 12.9. The fraction of sp³-hybridized carbons (Fsp3) is 0.385. The van der Waals surface area contributed by atoms with Gasteiger partial charge in [-0.1, -0.05) is 78.9 Å². The zero-order valence-corrected chi connectivity index (χ0v) is 25.7. The summed E-state index contributed by atoms with van der Waals surface area (Å²) in [6.45, 7) is 8.10. The largest absolute Gasteiger partial charge is 0.491 e. The van der Waals surface area contributed by atoms with E-state index in [0.717, 1.165) is 37.2 Å². The Morgan fingerprint density at radius 3 is 2.09 bits per heavy atom. The minimum Gasteiger partial charge on any atom is -0.491 e. The van der Waals surface area contributed by atoms with Crippen LogP contribution in [0.15, 0.2) is 103 Å². The van der Waals surface area contributed by atoms with E-state index < -0.39 is 0 Å². The van der Waals surface area contributed by atoms with Gasteiger partial charge in [-0.2, -0.15) is 0 Å². The van der Waals surface area contributed by atoms with Gasteiger partial charge < -0.3 is 18.9 Å². The first kappa shape index (κ1) is 29.5. The maximum absolute atomic E-state index is 6.22. The number of aryl methyl sites for hydroxylation is 1. The molecule has 0 N–H and O–H groups in total. The molecule has 6 rings (SSSR count). The highest BCUT2D eigenvalue weighted by atomic mass is 16.6. The van der Waals surface area contributed by atoms with E-state index in [9.17, 15) is 0 Å². The first-order valence-electron chi connectivity index (χ1n) is 15.8. The van der Waals surface area contributed by atoms with Crippen molar-refractivity contribution >= 4 is 0 Å². The summed E-state index contributed by atoms with van der Waals surface area (Å²) in [5, 5.41) is 0. The van der Waals surface area contributed by atoms with Crippen LogP contribution >= 0.6 is 0 Å². The molecule has 224 valence electrons. The van der Waals surface area contributed by atoms with Crippen LogP contribution in [-0.2, 0) is 22.5 Å². The molecule has 0 bridgehead atoms. The lowest BCUT2D eigenvalue weighted by Gasteiger charge is -2.35. The molecule has 0 amide bonds. The Bertz CT molecular complexity index is 1440. The Balaban J connectivity index is 1.10. The molecule has 0 radical (unpaired) electrons. The number of rotatable bonds is 10. The van der Waals surface area contributed by atoms with Crippen molar-refractivity contribution in [1.29, 1.82) is 0 Å². The first-order valence-corrected chi connectivity index (χ1v) is 15.8. The van der Waals surface area contributed by atoms with Gasteiger partial charge in [-0.15, -0.1) is 0 Å². The molecule has 43 heavy (non-hydrogen) atoms. The molecule has 4 nitrogen and oxygen atoms in total. The average molecular weight is 577 g/mol. The Hall–Kier alpha value is -3.60. The number of hydrogen-bond acceptors (Lipinski definition) is 4. The van der Waals surface area contributed by atoms with Crippen LogP contribution in [0.4, 0.5) is 0 Å². The molecule has 4 aromatic rings. The molecule has 1 aliphatic carbocycles. The molecule has 1 saturated heterocycles. The highest BCUT2D eigenvalue weighted by Gasteiger charge is 2.32. The van der Waals surface area contributed by atoms with E-state index in [-0.39, 0.29) is 23.7 Å². The Morgan fingerprint density at radius 2 is 1.37 bits per heavy atom. The van der Waals surface area contributed by atoms with Crippen LogP contribution in [0.25, 0.3) is 0 Å². The van der Waals surface area contributed by atoms with Gasteiger partial charge in [0.05, 0.1) is 25.4 Å². The summed E-state index contributed by atoms with van der Waals surface area (Å²) < 4.78 is 24.6. The predicted molar refractivity (Wildman–Crippen MR) is 172 cm³/mol. The smallest absolute Gasteiger partial charge is 0.120 e. The van der Waals surface area contributed by atoms with Gasteiger partial charge in [-0.05, 0) is 104 Å². The summed E-state index contributed by atoms with van der Waals surface area (Å²) in [4.78, 5) is 0. The number of benzene rings is 4. The van der Waals surface area contributed by atoms with Gasteiger partial charge in [0.25, 0.3) is 0 Å². The van der Waals surface area contributed by atoms with Gasteiger partial charge in [0.1, 0.15) is 23.7 Å². The molecule has 1 aliphatic heterocycles. The zero-order valence-electron chi connectivity index (χ0n) is 25.7. The zero-order chi connectivity index (χ0) is 29.6. The van der Waals surface area contributed by atoms with Crippen molar-refractivity contribution in [1.82, 2.24) is 0 Å². The highest BCUT2D eigenvalue weighted by molar-refractivity contribution is 5.48. The van der Waals surface area contributed by atoms with Crippen LogP contribution in [0.3, 0.4) is 0 Å². The Labute approximate surface area is 257 Å². The van der Waals surface area contributed by atoms with E-state index in [2.05, 4.69) is 106 Å². The molecule has 0 aromatic heterocycles. The summed E-state index contributed by atoms with van der Waals surface area (Å²) in [6.07, 6.45) is 4.39. The molecule has 4 heteroatoms. The van der Waals surface area contributed by atoms with Crippen LogP contribution < -0.4 is 9.47 Å². The van der Waals surface area contributed by atoms with Crippen molar-refractivity contribution in [3.8, 4) is 11.5 Å². The summed E-state index contributed by atoms with van der Waals surface area (Å²) >= 11 is 0. The van der Waals surface area contributed by atoms with Crippen LogP contribution in [0.2, 0.25) is 0 Å². The standard InChI is InChI=1S/C39H44O4/c1-39(2,3)43-33-21-23-37-31(24-33)16-22-36(29-12-8-5-9-13-29)38(37)30-14-17-32(18-15-30)41-27-35-20-19-34(42-35)26-40-25-28-10-6-4-7-11-28/h4-15,17-18,21,23-24,34-36,38H,16,19-20,22,25-27H2,1-3H3/t34-,35?,36+,38-/m0/s1. The van der Waals surface area contributed by atoms with Crippen molar-refractivity contribution in [2.75, 3.05) is 13.2 Å². The molecular formula is C39H44O4. The van der Waals surface area contributed by atoms with E-state index in [1.807, 2.05) is 18.2 Å². The van der Waals surface area contributed by atoms with Gasteiger partial charge in [0.15, 0.2) is 0 Å². The minimum atomic E-state index is -0.217. The number of ether oxygens (including phenoxy) is 4. The molecule has 1 fully saturated rings. The van der Waals surface area contributed by atoms with Crippen LogP contribution in [-0.4, -0.2) is 31.0 Å². The lowest BCUT2D eigenvalue weighted by Crippen LogP contribution is -2.24. The lowest BCUT2D eigenvalue weighted by molar-refractivity contribution is -0.0318. The third-order valence-corrected chi connectivity index (χ3v) is 8.51. The fourth-order valence-corrected chi connectivity index (χ4v) is 6.55. The highest BCUT2D eigenvalue weighted by Crippen LogP contribution is 2.47. The predicted octanol–water partition coefficient (Wildman–Crippen LogP) is 8.87. The Morgan fingerprint density at radius 1 is 0.698 bits per heavy atom. The van der Waals surface area contributed by atoms with Crippen LogP contribution in [0, 0.1) is 0 Å². The first-order chi connectivity index (χ1) is 20.9. The van der Waals surface area contributed by atoms with Gasteiger partial charge >= 0.3 is 0 Å². The average Bonchev–Trinajstić information content (AvgIpc) is 3.47. The van der Waals surface area contributed by atoms with E-state index in [1.54, 1.807) is 0 Å². The lowest BCUT2D eigenvalue weighted by atomic mass is 9.69. The van der Waals surface area contributed by atoms with E-state index in [4.69, 9.17) is 18.9 Å². The van der Waals surface area contributed by atoms with Gasteiger partial charge in [0.2, 0.25) is 0 Å². The second-order valence-corrected chi connectivity index (χ2v) is 12.9. The molecule has 4 aromatic carbocycles. The van der Waals surface area contributed by atoms with Crippen molar-refractivity contribution in [3.05, 3.63) is 131 Å². The number of hydrogen-bond donors (Lipinski definition) is 0. The van der Waals surface area contributed by atoms with Gasteiger partial charge in [-0.3, -0.25) is 0 Å². The third kappa shape index (κ3) is 7.68. The summed E-state index contributed by atoms with van der Waals surface area (Å²) in [5.74, 6) is 2.53.